The van der Waals surface area contributed by atoms with Crippen LogP contribution in [-0.4, -0.2) is 6.61 Å². The maximum absolute atomic E-state index is 5.99. The van der Waals surface area contributed by atoms with Gasteiger partial charge in [0.05, 0.1) is 0 Å². The van der Waals surface area contributed by atoms with Gasteiger partial charge in [0.15, 0.2) is 0 Å². The van der Waals surface area contributed by atoms with E-state index in [9.17, 15) is 0 Å². The molecule has 1 atom stereocenters. The molecule has 0 saturated carbocycles. The average molecular weight is 429 g/mol. The standard InChI is InChI=1S/C30H52O/c1-3-5-6-7-8-9-10-11-12-13-14-15-16-17-18-19-20-21-25-28-31-30(4-2)29-26-23-22-24-27-29/h4,22-24,26-27,30H,2-3,5-21,25,28H2,1H3. The molecule has 0 aromatic heterocycles. The zero-order chi connectivity index (χ0) is 22.2. The molecule has 0 saturated heterocycles. The minimum absolute atomic E-state index is 0.0387. The molecule has 1 unspecified atom stereocenters. The summed E-state index contributed by atoms with van der Waals surface area (Å²) < 4.78 is 5.99. The van der Waals surface area contributed by atoms with Gasteiger partial charge in [-0.2, -0.15) is 0 Å². The minimum atomic E-state index is 0.0387. The van der Waals surface area contributed by atoms with E-state index in [1.807, 2.05) is 12.1 Å². The third kappa shape index (κ3) is 17.2. The Balaban J connectivity index is 1.76. The van der Waals surface area contributed by atoms with Gasteiger partial charge in [0.25, 0.3) is 0 Å². The lowest BCUT2D eigenvalue weighted by atomic mass is 10.0. The Kier molecular flexibility index (Phi) is 20.0. The molecular formula is C30H52O. The van der Waals surface area contributed by atoms with Crippen LogP contribution in [0.2, 0.25) is 0 Å². The first-order chi connectivity index (χ1) is 15.4. The Morgan fingerprint density at radius 3 is 1.39 bits per heavy atom. The molecule has 1 rings (SSSR count). The molecule has 0 bridgehead atoms. The highest BCUT2D eigenvalue weighted by Crippen LogP contribution is 2.19. The quantitative estimate of drug-likeness (QED) is 0.124. The van der Waals surface area contributed by atoms with Crippen molar-refractivity contribution in [3.8, 4) is 0 Å². The SMILES string of the molecule is C=CC(OCCCCCCCCCCCCCCCCCCCCC)c1ccccc1. The molecule has 31 heavy (non-hydrogen) atoms. The number of hydrogen-bond acceptors (Lipinski definition) is 1. The van der Waals surface area contributed by atoms with E-state index in [1.165, 1.54) is 121 Å². The van der Waals surface area contributed by atoms with Crippen LogP contribution >= 0.6 is 0 Å². The van der Waals surface area contributed by atoms with Crippen LogP contribution in [0.3, 0.4) is 0 Å². The Hall–Kier alpha value is -1.08. The van der Waals surface area contributed by atoms with Crippen LogP contribution < -0.4 is 0 Å². The molecule has 178 valence electrons. The van der Waals surface area contributed by atoms with Gasteiger partial charge in [-0.05, 0) is 12.0 Å². The lowest BCUT2D eigenvalue weighted by Crippen LogP contribution is -2.02. The van der Waals surface area contributed by atoms with Crippen LogP contribution in [0.4, 0.5) is 0 Å². The number of unbranched alkanes of at least 4 members (excludes halogenated alkanes) is 18. The fourth-order valence-corrected chi connectivity index (χ4v) is 4.33. The van der Waals surface area contributed by atoms with Crippen LogP contribution in [0.1, 0.15) is 141 Å². The van der Waals surface area contributed by atoms with Gasteiger partial charge >= 0.3 is 0 Å². The van der Waals surface area contributed by atoms with Gasteiger partial charge in [0.1, 0.15) is 6.10 Å². The van der Waals surface area contributed by atoms with E-state index in [1.54, 1.807) is 0 Å². The molecule has 1 nitrogen and oxygen atoms in total. The second kappa shape index (κ2) is 22.1. The zero-order valence-corrected chi connectivity index (χ0v) is 20.8. The van der Waals surface area contributed by atoms with Gasteiger partial charge in [-0.1, -0.05) is 159 Å². The third-order valence-corrected chi connectivity index (χ3v) is 6.39. The van der Waals surface area contributed by atoms with Crippen LogP contribution in [0, 0.1) is 0 Å². The van der Waals surface area contributed by atoms with Crippen molar-refractivity contribution >= 4 is 0 Å². The van der Waals surface area contributed by atoms with Crippen molar-refractivity contribution in [3.05, 3.63) is 48.6 Å². The molecule has 0 spiro atoms. The highest BCUT2D eigenvalue weighted by molar-refractivity contribution is 5.20. The molecular weight excluding hydrogens is 376 g/mol. The molecule has 1 heteroatoms. The van der Waals surface area contributed by atoms with Crippen LogP contribution in [0.15, 0.2) is 43.0 Å². The number of hydrogen-bond donors (Lipinski definition) is 0. The van der Waals surface area contributed by atoms with Gasteiger partial charge < -0.3 is 4.74 Å². The topological polar surface area (TPSA) is 9.23 Å². The zero-order valence-electron chi connectivity index (χ0n) is 20.8. The van der Waals surface area contributed by atoms with Gasteiger partial charge in [-0.15, -0.1) is 6.58 Å². The van der Waals surface area contributed by atoms with Crippen LogP contribution in [0.25, 0.3) is 0 Å². The summed E-state index contributed by atoms with van der Waals surface area (Å²) in [5, 5.41) is 0. The Bertz CT molecular complexity index is 480. The van der Waals surface area contributed by atoms with E-state index in [0.29, 0.717) is 0 Å². The molecule has 0 aliphatic rings. The Labute approximate surface area is 195 Å². The second-order valence-corrected chi connectivity index (χ2v) is 9.30. The van der Waals surface area contributed by atoms with E-state index >= 15 is 0 Å². The average Bonchev–Trinajstić information content (AvgIpc) is 2.81. The largest absolute Gasteiger partial charge is 0.369 e. The summed E-state index contributed by atoms with van der Waals surface area (Å²) in [6.07, 6.45) is 28.9. The first-order valence-corrected chi connectivity index (χ1v) is 13.7. The summed E-state index contributed by atoms with van der Waals surface area (Å²) in [5.41, 5.74) is 1.20. The number of benzene rings is 1. The van der Waals surface area contributed by atoms with Crippen molar-refractivity contribution in [3.63, 3.8) is 0 Å². The van der Waals surface area contributed by atoms with Crippen LogP contribution in [0.5, 0.6) is 0 Å². The van der Waals surface area contributed by atoms with Gasteiger partial charge in [0, 0.05) is 6.61 Å². The van der Waals surface area contributed by atoms with Gasteiger partial charge in [-0.3, -0.25) is 0 Å². The highest BCUT2D eigenvalue weighted by Gasteiger charge is 2.06. The lowest BCUT2D eigenvalue weighted by molar-refractivity contribution is 0.0821. The van der Waals surface area contributed by atoms with E-state index in [-0.39, 0.29) is 6.10 Å². The molecule has 0 radical (unpaired) electrons. The molecule has 0 N–H and O–H groups in total. The van der Waals surface area contributed by atoms with Crippen molar-refractivity contribution in [1.29, 1.82) is 0 Å². The van der Waals surface area contributed by atoms with Gasteiger partial charge in [-0.25, -0.2) is 0 Å². The maximum atomic E-state index is 5.99. The molecule has 0 heterocycles. The first kappa shape index (κ1) is 28.0. The van der Waals surface area contributed by atoms with E-state index < -0.39 is 0 Å². The minimum Gasteiger partial charge on any atom is -0.369 e. The van der Waals surface area contributed by atoms with Crippen molar-refractivity contribution < 1.29 is 4.74 Å². The summed E-state index contributed by atoms with van der Waals surface area (Å²) in [6, 6.07) is 10.4. The van der Waals surface area contributed by atoms with Gasteiger partial charge in [0.2, 0.25) is 0 Å². The Morgan fingerprint density at radius 1 is 0.613 bits per heavy atom. The smallest absolute Gasteiger partial charge is 0.100 e. The van der Waals surface area contributed by atoms with Crippen molar-refractivity contribution in [2.75, 3.05) is 6.61 Å². The lowest BCUT2D eigenvalue weighted by Gasteiger charge is -2.14. The monoisotopic (exact) mass is 428 g/mol. The maximum Gasteiger partial charge on any atom is 0.100 e. The predicted octanol–water partition coefficient (Wildman–Crippen LogP) is 10.4. The van der Waals surface area contributed by atoms with Crippen molar-refractivity contribution in [1.82, 2.24) is 0 Å². The van der Waals surface area contributed by atoms with E-state index in [0.717, 1.165) is 13.0 Å². The summed E-state index contributed by atoms with van der Waals surface area (Å²) in [6.45, 7) is 7.05. The molecule has 0 aliphatic carbocycles. The predicted molar refractivity (Wildman–Crippen MR) is 139 cm³/mol. The van der Waals surface area contributed by atoms with Crippen molar-refractivity contribution in [2.45, 2.75) is 135 Å². The molecule has 0 fully saturated rings. The van der Waals surface area contributed by atoms with E-state index in [4.69, 9.17) is 4.74 Å². The normalized spacial score (nSPS) is 12.2. The molecule has 1 aromatic rings. The third-order valence-electron chi connectivity index (χ3n) is 6.39. The van der Waals surface area contributed by atoms with Crippen molar-refractivity contribution in [2.24, 2.45) is 0 Å². The second-order valence-electron chi connectivity index (χ2n) is 9.30. The summed E-state index contributed by atoms with van der Waals surface area (Å²) in [7, 11) is 0. The number of ether oxygens (including phenoxy) is 1. The summed E-state index contributed by atoms with van der Waals surface area (Å²) >= 11 is 0. The number of rotatable bonds is 23. The molecule has 1 aromatic carbocycles. The summed E-state index contributed by atoms with van der Waals surface area (Å²) in [5.74, 6) is 0. The molecule has 0 amide bonds. The van der Waals surface area contributed by atoms with Crippen LogP contribution in [-0.2, 0) is 4.74 Å². The summed E-state index contributed by atoms with van der Waals surface area (Å²) in [4.78, 5) is 0. The highest BCUT2D eigenvalue weighted by atomic mass is 16.5. The molecule has 0 aliphatic heterocycles. The first-order valence-electron chi connectivity index (χ1n) is 13.7. The fourth-order valence-electron chi connectivity index (χ4n) is 4.33. The van der Waals surface area contributed by atoms with E-state index in [2.05, 4.69) is 37.8 Å². The fraction of sp³-hybridized carbons (Fsp3) is 0.733. The Morgan fingerprint density at radius 2 is 1.00 bits per heavy atom.